The second-order valence-corrected chi connectivity index (χ2v) is 6.59. The second-order valence-electron chi connectivity index (χ2n) is 6.59. The Kier molecular flexibility index (Phi) is 4.48. The summed E-state index contributed by atoms with van der Waals surface area (Å²) in [4.78, 5) is 0. The van der Waals surface area contributed by atoms with Crippen LogP contribution in [-0.2, 0) is 15.1 Å². The quantitative estimate of drug-likeness (QED) is 0.461. The fraction of sp³-hybridized carbons (Fsp3) is 0.182. The zero-order valence-corrected chi connectivity index (χ0v) is 14.6. The van der Waals surface area contributed by atoms with E-state index in [0.717, 1.165) is 16.7 Å². The highest BCUT2D eigenvalue weighted by atomic mass is 16.6. The highest BCUT2D eigenvalue weighted by molar-refractivity contribution is 5.50. The molecule has 0 spiro atoms. The van der Waals surface area contributed by atoms with Gasteiger partial charge in [-0.3, -0.25) is 0 Å². The number of benzene rings is 3. The molecule has 1 heterocycles. The van der Waals surface area contributed by atoms with Crippen LogP contribution in [0.15, 0.2) is 72.8 Å². The van der Waals surface area contributed by atoms with Crippen molar-refractivity contribution in [1.29, 1.82) is 0 Å². The number of phenolic OH excluding ortho intramolecular Hbond substituents is 3. The Bertz CT molecular complexity index is 786. The molecule has 4 rings (SSSR count). The minimum absolute atomic E-state index is 0.0516. The average Bonchev–Trinajstić information content (AvgIpc) is 3.50. The number of rotatable bonds is 6. The van der Waals surface area contributed by atoms with Crippen molar-refractivity contribution in [1.82, 2.24) is 0 Å². The van der Waals surface area contributed by atoms with Gasteiger partial charge in [0.1, 0.15) is 29.0 Å². The Hall–Kier alpha value is -3.02. The van der Waals surface area contributed by atoms with Crippen LogP contribution in [0.2, 0.25) is 0 Å². The Morgan fingerprint density at radius 2 is 1.04 bits per heavy atom. The van der Waals surface area contributed by atoms with E-state index < -0.39 is 5.60 Å². The van der Waals surface area contributed by atoms with E-state index in [1.807, 2.05) is 36.4 Å². The number of epoxide rings is 1. The molecule has 3 aromatic carbocycles. The molecule has 0 aliphatic carbocycles. The highest BCUT2D eigenvalue weighted by Crippen LogP contribution is 2.42. The summed E-state index contributed by atoms with van der Waals surface area (Å²) in [5.41, 5.74) is 1.47. The van der Waals surface area contributed by atoms with E-state index in [2.05, 4.69) is 0 Å². The van der Waals surface area contributed by atoms with Crippen LogP contribution >= 0.6 is 0 Å². The number of aromatic hydroxyl groups is 3. The number of ether oxygens (including phenoxy) is 2. The minimum atomic E-state index is -0.985. The lowest BCUT2D eigenvalue weighted by molar-refractivity contribution is 0.00424. The molecule has 0 bridgehead atoms. The van der Waals surface area contributed by atoms with E-state index in [-0.39, 0.29) is 23.4 Å². The summed E-state index contributed by atoms with van der Waals surface area (Å²) < 4.78 is 11.8. The maximum absolute atomic E-state index is 9.74. The summed E-state index contributed by atoms with van der Waals surface area (Å²) in [5, 5.41) is 29.2. The van der Waals surface area contributed by atoms with Crippen molar-refractivity contribution in [2.24, 2.45) is 0 Å². The molecular weight excluding hydrogens is 344 g/mol. The summed E-state index contributed by atoms with van der Waals surface area (Å²) in [6.45, 7) is 1.06. The molecule has 1 saturated heterocycles. The Morgan fingerprint density at radius 3 is 1.33 bits per heavy atom. The van der Waals surface area contributed by atoms with Crippen LogP contribution in [0.1, 0.15) is 16.7 Å². The molecule has 0 amide bonds. The lowest BCUT2D eigenvalue weighted by Gasteiger charge is -2.36. The molecule has 138 valence electrons. The fourth-order valence-electron chi connectivity index (χ4n) is 3.22. The first kappa shape index (κ1) is 17.4. The molecule has 1 aliphatic rings. The number of phenols is 3. The molecular formula is C22H20O5. The average molecular weight is 364 g/mol. The van der Waals surface area contributed by atoms with Crippen molar-refractivity contribution >= 4 is 0 Å². The summed E-state index contributed by atoms with van der Waals surface area (Å²) >= 11 is 0. The molecule has 3 N–H and O–H groups in total. The third kappa shape index (κ3) is 3.47. The van der Waals surface area contributed by atoms with Gasteiger partial charge in [0.15, 0.2) is 0 Å². The van der Waals surface area contributed by atoms with Gasteiger partial charge in [-0.15, -0.1) is 0 Å². The zero-order chi connectivity index (χ0) is 18.9. The van der Waals surface area contributed by atoms with Gasteiger partial charge in [0.25, 0.3) is 0 Å². The van der Waals surface area contributed by atoms with Gasteiger partial charge in [-0.1, -0.05) is 36.4 Å². The van der Waals surface area contributed by atoms with Gasteiger partial charge in [-0.2, -0.15) is 0 Å². The van der Waals surface area contributed by atoms with Crippen LogP contribution in [0.5, 0.6) is 17.2 Å². The third-order valence-electron chi connectivity index (χ3n) is 4.71. The predicted molar refractivity (Wildman–Crippen MR) is 99.9 cm³/mol. The largest absolute Gasteiger partial charge is 0.508 e. The van der Waals surface area contributed by atoms with E-state index in [9.17, 15) is 15.3 Å². The van der Waals surface area contributed by atoms with Crippen LogP contribution < -0.4 is 0 Å². The second kappa shape index (κ2) is 6.95. The molecule has 5 heteroatoms. The van der Waals surface area contributed by atoms with Gasteiger partial charge < -0.3 is 24.8 Å². The Labute approximate surface area is 157 Å². The van der Waals surface area contributed by atoms with Gasteiger partial charge in [0.2, 0.25) is 0 Å². The normalized spacial score (nSPS) is 16.2. The van der Waals surface area contributed by atoms with E-state index >= 15 is 0 Å². The molecule has 0 radical (unpaired) electrons. The van der Waals surface area contributed by atoms with Crippen LogP contribution in [0.25, 0.3) is 0 Å². The van der Waals surface area contributed by atoms with Gasteiger partial charge in [-0.25, -0.2) is 0 Å². The standard InChI is InChI=1S/C22H20O5/c23-18-7-1-15(2-8-18)22(27-14-21-13-26-21,16-3-9-19(24)10-4-16)17-5-11-20(25)12-6-17/h1-12,21,23-25H,13-14H2. The zero-order valence-electron chi connectivity index (χ0n) is 14.6. The smallest absolute Gasteiger partial charge is 0.143 e. The topological polar surface area (TPSA) is 82.5 Å². The van der Waals surface area contributed by atoms with E-state index in [1.165, 1.54) is 0 Å². The van der Waals surface area contributed by atoms with Crippen LogP contribution in [0.3, 0.4) is 0 Å². The highest BCUT2D eigenvalue weighted by Gasteiger charge is 2.40. The first-order valence-electron chi connectivity index (χ1n) is 8.72. The molecule has 0 saturated carbocycles. The monoisotopic (exact) mass is 364 g/mol. The first-order valence-corrected chi connectivity index (χ1v) is 8.72. The van der Waals surface area contributed by atoms with Crippen LogP contribution in [0, 0.1) is 0 Å². The molecule has 1 atom stereocenters. The van der Waals surface area contributed by atoms with Crippen molar-refractivity contribution in [3.8, 4) is 17.2 Å². The summed E-state index contributed by atoms with van der Waals surface area (Å²) in [6, 6.07) is 20.5. The van der Waals surface area contributed by atoms with Gasteiger partial charge in [-0.05, 0) is 53.1 Å². The molecule has 5 nitrogen and oxygen atoms in total. The first-order chi connectivity index (χ1) is 13.1. The van der Waals surface area contributed by atoms with Crippen molar-refractivity contribution in [2.75, 3.05) is 13.2 Å². The van der Waals surface area contributed by atoms with Crippen molar-refractivity contribution in [3.05, 3.63) is 89.5 Å². The third-order valence-corrected chi connectivity index (χ3v) is 4.71. The predicted octanol–water partition coefficient (Wildman–Crippen LogP) is 3.51. The molecule has 3 aromatic rings. The van der Waals surface area contributed by atoms with E-state index in [0.29, 0.717) is 13.2 Å². The molecule has 0 aromatic heterocycles. The fourth-order valence-corrected chi connectivity index (χ4v) is 3.22. The van der Waals surface area contributed by atoms with Crippen molar-refractivity contribution in [2.45, 2.75) is 11.7 Å². The van der Waals surface area contributed by atoms with Crippen molar-refractivity contribution < 1.29 is 24.8 Å². The number of hydrogen-bond donors (Lipinski definition) is 3. The maximum atomic E-state index is 9.74. The number of hydrogen-bond acceptors (Lipinski definition) is 5. The maximum Gasteiger partial charge on any atom is 0.143 e. The summed E-state index contributed by atoms with van der Waals surface area (Å²) in [6.07, 6.45) is 0.0516. The van der Waals surface area contributed by atoms with Gasteiger partial charge in [0, 0.05) is 0 Å². The molecule has 1 unspecified atom stereocenters. The van der Waals surface area contributed by atoms with E-state index in [1.54, 1.807) is 36.4 Å². The van der Waals surface area contributed by atoms with Crippen LogP contribution in [0.4, 0.5) is 0 Å². The summed E-state index contributed by atoms with van der Waals surface area (Å²) in [7, 11) is 0. The Morgan fingerprint density at radius 1 is 0.704 bits per heavy atom. The minimum Gasteiger partial charge on any atom is -0.508 e. The van der Waals surface area contributed by atoms with Crippen molar-refractivity contribution in [3.63, 3.8) is 0 Å². The summed E-state index contributed by atoms with van der Waals surface area (Å²) in [5.74, 6) is 0.485. The SMILES string of the molecule is Oc1ccc(C(OCC2CO2)(c2ccc(O)cc2)c2ccc(O)cc2)cc1. The Balaban J connectivity index is 1.92. The molecule has 1 aliphatic heterocycles. The van der Waals surface area contributed by atoms with Gasteiger partial charge in [0.05, 0.1) is 13.2 Å². The molecule has 1 fully saturated rings. The molecule has 27 heavy (non-hydrogen) atoms. The van der Waals surface area contributed by atoms with Gasteiger partial charge >= 0.3 is 0 Å². The van der Waals surface area contributed by atoms with E-state index in [4.69, 9.17) is 9.47 Å². The lowest BCUT2D eigenvalue weighted by atomic mass is 9.80. The lowest BCUT2D eigenvalue weighted by Crippen LogP contribution is -2.34. The van der Waals surface area contributed by atoms with Crippen LogP contribution in [-0.4, -0.2) is 34.6 Å².